The van der Waals surface area contributed by atoms with Crippen LogP contribution in [0.1, 0.15) is 65.2 Å². The first kappa shape index (κ1) is 23.2. The molecule has 2 aliphatic heterocycles. The van der Waals surface area contributed by atoms with Crippen molar-refractivity contribution in [3.05, 3.63) is 0 Å². The summed E-state index contributed by atoms with van der Waals surface area (Å²) in [4.78, 5) is 15.3. The smallest absolute Gasteiger partial charge is 0.226 e. The zero-order chi connectivity index (χ0) is 20.8. The predicted molar refractivity (Wildman–Crippen MR) is 116 cm³/mol. The van der Waals surface area contributed by atoms with Crippen LogP contribution in [0.15, 0.2) is 0 Å². The molecule has 1 unspecified atom stereocenters. The lowest BCUT2D eigenvalue weighted by atomic mass is 9.80. The number of nitrogens with one attached hydrogen (secondary N) is 1. The molecule has 0 aromatic heterocycles. The van der Waals surface area contributed by atoms with Gasteiger partial charge < -0.3 is 14.4 Å². The second-order valence-corrected chi connectivity index (χ2v) is 10.6. The zero-order valence-electron chi connectivity index (χ0n) is 18.4. The van der Waals surface area contributed by atoms with Gasteiger partial charge >= 0.3 is 0 Å². The molecule has 2 heterocycles. The number of nitrogens with zero attached hydrogens (tertiary/aromatic N) is 1. The van der Waals surface area contributed by atoms with Gasteiger partial charge in [0.2, 0.25) is 5.91 Å². The Kier molecular flexibility index (Phi) is 8.96. The topological polar surface area (TPSA) is 67.9 Å². The third kappa shape index (κ3) is 6.49. The summed E-state index contributed by atoms with van der Waals surface area (Å²) in [5, 5.41) is 0. The van der Waals surface area contributed by atoms with E-state index in [0.717, 1.165) is 56.9 Å². The molecule has 0 bridgehead atoms. The number of rotatable bonds is 7. The highest BCUT2D eigenvalue weighted by molar-refractivity contribution is 7.82. The highest BCUT2D eigenvalue weighted by atomic mass is 32.2. The summed E-state index contributed by atoms with van der Waals surface area (Å²) in [7, 11) is -1.10. The van der Waals surface area contributed by atoms with E-state index in [1.807, 2.05) is 4.90 Å². The van der Waals surface area contributed by atoms with E-state index in [9.17, 15) is 9.00 Å². The van der Waals surface area contributed by atoms with Crippen LogP contribution in [0.25, 0.3) is 0 Å². The molecule has 0 spiro atoms. The van der Waals surface area contributed by atoms with Crippen LogP contribution in [0.3, 0.4) is 0 Å². The van der Waals surface area contributed by atoms with Crippen molar-refractivity contribution in [2.24, 2.45) is 17.8 Å². The number of hydrogen-bond donors (Lipinski definition) is 1. The van der Waals surface area contributed by atoms with Gasteiger partial charge in [0, 0.05) is 38.0 Å². The Morgan fingerprint density at radius 2 is 1.83 bits per heavy atom. The summed E-state index contributed by atoms with van der Waals surface area (Å²) in [5.74, 6) is 1.85. The molecule has 3 fully saturated rings. The average molecular weight is 429 g/mol. The highest BCUT2D eigenvalue weighted by Crippen LogP contribution is 2.32. The molecular weight excluding hydrogens is 388 g/mol. The van der Waals surface area contributed by atoms with Gasteiger partial charge in [0.1, 0.15) is 0 Å². The maximum Gasteiger partial charge on any atom is 0.226 e. The van der Waals surface area contributed by atoms with E-state index in [1.165, 1.54) is 12.8 Å². The van der Waals surface area contributed by atoms with Crippen LogP contribution in [-0.4, -0.2) is 65.8 Å². The van der Waals surface area contributed by atoms with Crippen LogP contribution in [0.5, 0.6) is 0 Å². The minimum Gasteiger partial charge on any atom is -0.381 e. The lowest BCUT2D eigenvalue weighted by Gasteiger charge is -2.43. The first-order valence-electron chi connectivity index (χ1n) is 11.5. The minimum absolute atomic E-state index is 0.0328. The molecule has 168 valence electrons. The molecule has 3 rings (SSSR count). The van der Waals surface area contributed by atoms with Crippen LogP contribution in [0.2, 0.25) is 0 Å². The Balaban J connectivity index is 1.62. The van der Waals surface area contributed by atoms with E-state index in [2.05, 4.69) is 18.6 Å². The molecule has 1 saturated carbocycles. The van der Waals surface area contributed by atoms with Crippen LogP contribution >= 0.6 is 0 Å². The van der Waals surface area contributed by atoms with Gasteiger partial charge in [-0.3, -0.25) is 4.79 Å². The summed E-state index contributed by atoms with van der Waals surface area (Å²) < 4.78 is 26.9. The fourth-order valence-electron chi connectivity index (χ4n) is 5.22. The molecule has 0 radical (unpaired) electrons. The van der Waals surface area contributed by atoms with Gasteiger partial charge in [0.05, 0.1) is 29.7 Å². The lowest BCUT2D eigenvalue weighted by Crippen LogP contribution is -2.59. The van der Waals surface area contributed by atoms with Crippen LogP contribution in [0, 0.1) is 17.8 Å². The van der Waals surface area contributed by atoms with Crippen LogP contribution < -0.4 is 4.72 Å². The quantitative estimate of drug-likeness (QED) is 0.677. The van der Waals surface area contributed by atoms with Gasteiger partial charge in [-0.15, -0.1) is 0 Å². The minimum atomic E-state index is -1.10. The number of ether oxygens (including phenoxy) is 2. The molecule has 0 aromatic carbocycles. The Hall–Kier alpha value is -0.500. The summed E-state index contributed by atoms with van der Waals surface area (Å²) >= 11 is 0. The first-order valence-corrected chi connectivity index (χ1v) is 13.1. The maximum absolute atomic E-state index is 13.3. The molecular formula is C22H40N2O4S. The molecule has 3 atom stereocenters. The first-order chi connectivity index (χ1) is 14.0. The van der Waals surface area contributed by atoms with Crippen molar-refractivity contribution < 1.29 is 18.5 Å². The van der Waals surface area contributed by atoms with Crippen molar-refractivity contribution in [2.45, 2.75) is 83.4 Å². The molecule has 1 amide bonds. The highest BCUT2D eigenvalue weighted by Gasteiger charge is 2.38. The third-order valence-electron chi connectivity index (χ3n) is 7.11. The summed E-state index contributed by atoms with van der Waals surface area (Å²) in [6.07, 6.45) is 10.1. The van der Waals surface area contributed by atoms with E-state index in [4.69, 9.17) is 9.47 Å². The predicted octanol–water partition coefficient (Wildman–Crippen LogP) is 2.89. The molecule has 2 saturated heterocycles. The Morgan fingerprint density at radius 1 is 1.14 bits per heavy atom. The number of likely N-dealkylation sites (tertiary alicyclic amines) is 1. The number of carbonyl (C=O) groups excluding carboxylic acids is 1. The van der Waals surface area contributed by atoms with Crippen molar-refractivity contribution in [2.75, 3.05) is 32.6 Å². The van der Waals surface area contributed by atoms with Crippen molar-refractivity contribution >= 4 is 16.9 Å². The van der Waals surface area contributed by atoms with E-state index < -0.39 is 11.0 Å². The average Bonchev–Trinajstić information content (AvgIpc) is 2.72. The molecule has 1 N–H and O–H groups in total. The summed E-state index contributed by atoms with van der Waals surface area (Å²) in [5.41, 5.74) is 0. The molecule has 6 nitrogen and oxygen atoms in total. The number of amides is 1. The Morgan fingerprint density at radius 3 is 2.45 bits per heavy atom. The second-order valence-electron chi connectivity index (χ2n) is 9.42. The lowest BCUT2D eigenvalue weighted by molar-refractivity contribution is -0.146. The zero-order valence-corrected chi connectivity index (χ0v) is 19.3. The van der Waals surface area contributed by atoms with Gasteiger partial charge in [-0.1, -0.05) is 13.8 Å². The van der Waals surface area contributed by atoms with Crippen molar-refractivity contribution in [1.82, 2.24) is 9.62 Å². The van der Waals surface area contributed by atoms with E-state index >= 15 is 0 Å². The van der Waals surface area contributed by atoms with Gasteiger partial charge in [0.25, 0.3) is 0 Å². The van der Waals surface area contributed by atoms with Crippen LogP contribution in [0.4, 0.5) is 0 Å². The Labute approximate surface area is 179 Å². The third-order valence-corrected chi connectivity index (χ3v) is 7.75. The van der Waals surface area contributed by atoms with Crippen LogP contribution in [-0.2, 0) is 25.3 Å². The number of carbonyl (C=O) groups is 1. The molecule has 3 aliphatic rings. The summed E-state index contributed by atoms with van der Waals surface area (Å²) in [6.45, 7) is 7.29. The largest absolute Gasteiger partial charge is 0.381 e. The van der Waals surface area contributed by atoms with E-state index in [1.54, 1.807) is 6.26 Å². The fraction of sp³-hybridized carbons (Fsp3) is 0.955. The molecule has 1 aliphatic carbocycles. The molecule has 29 heavy (non-hydrogen) atoms. The number of piperidine rings is 1. The monoisotopic (exact) mass is 428 g/mol. The second kappa shape index (κ2) is 11.2. The van der Waals surface area contributed by atoms with Gasteiger partial charge in [-0.25, -0.2) is 8.93 Å². The van der Waals surface area contributed by atoms with Gasteiger partial charge in [-0.2, -0.15) is 0 Å². The van der Waals surface area contributed by atoms with Gasteiger partial charge in [0.15, 0.2) is 0 Å². The van der Waals surface area contributed by atoms with Gasteiger partial charge in [-0.05, 0) is 63.2 Å². The van der Waals surface area contributed by atoms with Crippen molar-refractivity contribution in [3.8, 4) is 0 Å². The molecule has 7 heteroatoms. The SMILES string of the molecule is CC(C)C1CCC(OC[C@H]2[C@@H](NS(C)=O)CCCN2C(=O)C2CCOCC2)CC1. The number of hydrogen-bond acceptors (Lipinski definition) is 4. The Bertz CT molecular complexity index is 545. The normalized spacial score (nSPS) is 33.0. The van der Waals surface area contributed by atoms with Crippen molar-refractivity contribution in [3.63, 3.8) is 0 Å². The van der Waals surface area contributed by atoms with E-state index in [-0.39, 0.29) is 23.9 Å². The van der Waals surface area contributed by atoms with E-state index in [0.29, 0.717) is 25.9 Å². The fourth-order valence-corrected chi connectivity index (χ4v) is 5.92. The van der Waals surface area contributed by atoms with Crippen molar-refractivity contribution in [1.29, 1.82) is 0 Å². The summed E-state index contributed by atoms with van der Waals surface area (Å²) in [6, 6.07) is -0.00352. The standard InChI is InChI=1S/C22H40N2O4S/c1-16(2)17-6-8-19(9-7-17)28-15-21-20(23-29(3)26)5-4-12-24(21)22(25)18-10-13-27-14-11-18/h16-21,23H,4-15H2,1-3H3/t17?,19?,20-,21-,29?/m0/s1. The maximum atomic E-state index is 13.3. The molecule has 0 aromatic rings.